The molecule has 106 valence electrons. The summed E-state index contributed by atoms with van der Waals surface area (Å²) in [4.78, 5) is 0. The quantitative estimate of drug-likeness (QED) is 0.780. The lowest BCUT2D eigenvalue weighted by Crippen LogP contribution is -2.22. The minimum Gasteiger partial charge on any atom is -0.506 e. The standard InChI is InChI=1S/C19H17BrO/c1-11-3-2-4-13-12(11)5-6-15-14(13)7-8-17-16(15)9-10-18(20)19(17)21/h5-6,8-10,21H,2-4,7H2,1H3. The first kappa shape index (κ1) is 13.1. The Hall–Kier alpha value is -1.54. The van der Waals surface area contributed by atoms with Gasteiger partial charge in [-0.2, -0.15) is 0 Å². The Morgan fingerprint density at radius 3 is 2.57 bits per heavy atom. The maximum Gasteiger partial charge on any atom is 0.137 e. The second-order valence-corrected chi connectivity index (χ2v) is 6.87. The number of rotatable bonds is 0. The lowest BCUT2D eigenvalue weighted by atomic mass is 9.86. The van der Waals surface area contributed by atoms with Gasteiger partial charge in [0.15, 0.2) is 0 Å². The van der Waals surface area contributed by atoms with Gasteiger partial charge in [-0.25, -0.2) is 0 Å². The zero-order valence-corrected chi connectivity index (χ0v) is 13.6. The summed E-state index contributed by atoms with van der Waals surface area (Å²) in [5.74, 6) is 0.360. The zero-order valence-electron chi connectivity index (χ0n) is 12.0. The largest absolute Gasteiger partial charge is 0.506 e. The van der Waals surface area contributed by atoms with Crippen molar-refractivity contribution in [2.45, 2.75) is 32.6 Å². The highest BCUT2D eigenvalue weighted by Gasteiger charge is 2.14. The molecule has 4 rings (SSSR count). The van der Waals surface area contributed by atoms with Crippen LogP contribution in [0.3, 0.4) is 0 Å². The smallest absolute Gasteiger partial charge is 0.137 e. The van der Waals surface area contributed by atoms with Crippen LogP contribution in [0, 0.1) is 10.4 Å². The number of phenolic OH excluding ortho intramolecular Hbond substituents is 1. The third kappa shape index (κ3) is 1.89. The van der Waals surface area contributed by atoms with Gasteiger partial charge in [0.05, 0.1) is 4.47 Å². The van der Waals surface area contributed by atoms with Crippen LogP contribution in [0.15, 0.2) is 28.7 Å². The van der Waals surface area contributed by atoms with Crippen molar-refractivity contribution < 1.29 is 5.11 Å². The molecule has 21 heavy (non-hydrogen) atoms. The molecule has 0 saturated heterocycles. The van der Waals surface area contributed by atoms with E-state index in [1.54, 1.807) is 0 Å². The monoisotopic (exact) mass is 340 g/mol. The van der Waals surface area contributed by atoms with E-state index < -0.39 is 0 Å². The molecular formula is C19H17BrO. The van der Waals surface area contributed by atoms with Crippen LogP contribution in [0.4, 0.5) is 0 Å². The number of fused-ring (bicyclic) bond motifs is 4. The second kappa shape index (κ2) is 4.74. The molecule has 0 unspecified atom stereocenters. The maximum absolute atomic E-state index is 10.3. The molecule has 2 aromatic carbocycles. The number of aromatic hydroxyl groups is 1. The van der Waals surface area contributed by atoms with Crippen molar-refractivity contribution in [3.05, 3.63) is 60.7 Å². The molecule has 2 aliphatic carbocycles. The van der Waals surface area contributed by atoms with Gasteiger partial charge in [-0.3, -0.25) is 0 Å². The topological polar surface area (TPSA) is 20.2 Å². The summed E-state index contributed by atoms with van der Waals surface area (Å²) in [5, 5.41) is 15.1. The van der Waals surface area contributed by atoms with Gasteiger partial charge >= 0.3 is 0 Å². The van der Waals surface area contributed by atoms with E-state index in [-0.39, 0.29) is 0 Å². The number of halogens is 1. The van der Waals surface area contributed by atoms with E-state index in [1.807, 2.05) is 6.07 Å². The molecule has 0 radical (unpaired) electrons. The molecule has 1 nitrogen and oxygen atoms in total. The molecule has 0 heterocycles. The normalized spacial score (nSPS) is 15.8. The molecular weight excluding hydrogens is 324 g/mol. The van der Waals surface area contributed by atoms with Crippen LogP contribution in [0.5, 0.6) is 5.75 Å². The predicted octanol–water partition coefficient (Wildman–Crippen LogP) is 3.29. The van der Waals surface area contributed by atoms with Gasteiger partial charge in [-0.15, -0.1) is 0 Å². The van der Waals surface area contributed by atoms with Gasteiger partial charge in [-0.05, 0) is 81.4 Å². The van der Waals surface area contributed by atoms with E-state index in [2.05, 4.69) is 47.1 Å². The van der Waals surface area contributed by atoms with Gasteiger partial charge < -0.3 is 5.11 Å². The van der Waals surface area contributed by atoms with Gasteiger partial charge in [-0.1, -0.05) is 29.8 Å². The summed E-state index contributed by atoms with van der Waals surface area (Å²) in [6.45, 7) is 2.26. The highest BCUT2D eigenvalue weighted by Crippen LogP contribution is 2.24. The first-order valence-corrected chi connectivity index (χ1v) is 8.28. The van der Waals surface area contributed by atoms with Crippen LogP contribution in [0.25, 0.3) is 11.6 Å². The van der Waals surface area contributed by atoms with Gasteiger partial charge in [0.1, 0.15) is 5.75 Å². The fourth-order valence-corrected chi connectivity index (χ4v) is 4.10. The van der Waals surface area contributed by atoms with E-state index >= 15 is 0 Å². The van der Waals surface area contributed by atoms with Crippen LogP contribution in [-0.4, -0.2) is 5.11 Å². The molecule has 0 aliphatic heterocycles. The SMILES string of the molecule is CC1=c2ccc3c(c2CCC1)CC=c1c(O)c(Br)ccc1=3. The minimum atomic E-state index is 0.360. The molecule has 0 fully saturated rings. The molecule has 2 aromatic rings. The Balaban J connectivity index is 2.23. The van der Waals surface area contributed by atoms with Crippen molar-refractivity contribution in [3.63, 3.8) is 0 Å². The average molecular weight is 341 g/mol. The third-order valence-corrected chi connectivity index (χ3v) is 5.48. The highest BCUT2D eigenvalue weighted by molar-refractivity contribution is 9.10. The maximum atomic E-state index is 10.3. The molecule has 2 heteroatoms. The number of hydrogen-bond donors (Lipinski definition) is 1. The van der Waals surface area contributed by atoms with Crippen LogP contribution in [0.2, 0.25) is 0 Å². The number of benzene rings is 2. The van der Waals surface area contributed by atoms with E-state index in [1.165, 1.54) is 46.4 Å². The lowest BCUT2D eigenvalue weighted by Gasteiger charge is -2.19. The van der Waals surface area contributed by atoms with Crippen molar-refractivity contribution in [1.82, 2.24) is 0 Å². The van der Waals surface area contributed by atoms with E-state index in [0.717, 1.165) is 21.3 Å². The molecule has 0 spiro atoms. The van der Waals surface area contributed by atoms with Gasteiger partial charge in [0, 0.05) is 5.22 Å². The first-order valence-electron chi connectivity index (χ1n) is 7.49. The zero-order chi connectivity index (χ0) is 14.6. The summed E-state index contributed by atoms with van der Waals surface area (Å²) in [7, 11) is 0. The average Bonchev–Trinajstić information content (AvgIpc) is 2.50. The molecule has 2 aliphatic rings. The van der Waals surface area contributed by atoms with Crippen LogP contribution >= 0.6 is 15.9 Å². The predicted molar refractivity (Wildman–Crippen MR) is 89.4 cm³/mol. The Kier molecular flexibility index (Phi) is 2.97. The van der Waals surface area contributed by atoms with Crippen molar-refractivity contribution in [3.8, 4) is 5.75 Å². The third-order valence-electron chi connectivity index (χ3n) is 4.84. The van der Waals surface area contributed by atoms with Gasteiger partial charge in [0.2, 0.25) is 0 Å². The van der Waals surface area contributed by atoms with Crippen molar-refractivity contribution >= 4 is 27.6 Å². The number of phenols is 1. The van der Waals surface area contributed by atoms with E-state index in [0.29, 0.717) is 5.75 Å². The molecule has 0 amide bonds. The van der Waals surface area contributed by atoms with Crippen molar-refractivity contribution in [2.24, 2.45) is 0 Å². The number of hydrogen-bond acceptors (Lipinski definition) is 1. The Bertz CT molecular complexity index is 970. The van der Waals surface area contributed by atoms with Crippen LogP contribution < -0.4 is 10.4 Å². The first-order chi connectivity index (χ1) is 10.2. The van der Waals surface area contributed by atoms with Crippen LogP contribution in [0.1, 0.15) is 30.9 Å². The van der Waals surface area contributed by atoms with E-state index in [9.17, 15) is 5.11 Å². The van der Waals surface area contributed by atoms with Crippen LogP contribution in [-0.2, 0) is 12.8 Å². The second-order valence-electron chi connectivity index (χ2n) is 6.02. The Labute approximate surface area is 132 Å². The summed E-state index contributed by atoms with van der Waals surface area (Å²) < 4.78 is 0.767. The van der Waals surface area contributed by atoms with Crippen molar-refractivity contribution in [1.29, 1.82) is 0 Å². The molecule has 0 aromatic heterocycles. The fraction of sp³-hybridized carbons (Fsp3) is 0.263. The summed E-state index contributed by atoms with van der Waals surface area (Å²) in [6, 6.07) is 8.56. The minimum absolute atomic E-state index is 0.360. The summed E-state index contributed by atoms with van der Waals surface area (Å²) in [5.41, 5.74) is 4.50. The molecule has 0 saturated carbocycles. The summed E-state index contributed by atoms with van der Waals surface area (Å²) in [6.07, 6.45) is 6.75. The van der Waals surface area contributed by atoms with E-state index in [4.69, 9.17) is 0 Å². The summed E-state index contributed by atoms with van der Waals surface area (Å²) >= 11 is 3.41. The fourth-order valence-electron chi connectivity index (χ4n) is 3.76. The molecule has 0 atom stereocenters. The molecule has 1 N–H and O–H groups in total. The Morgan fingerprint density at radius 2 is 1.71 bits per heavy atom. The molecule has 0 bridgehead atoms. The van der Waals surface area contributed by atoms with Crippen molar-refractivity contribution in [2.75, 3.05) is 0 Å². The Morgan fingerprint density at radius 1 is 0.952 bits per heavy atom. The highest BCUT2D eigenvalue weighted by atomic mass is 79.9. The van der Waals surface area contributed by atoms with Gasteiger partial charge in [0.25, 0.3) is 0 Å². The lowest BCUT2D eigenvalue weighted by molar-refractivity contribution is 0.466.